The predicted molar refractivity (Wildman–Crippen MR) is 186 cm³/mol. The Balaban J connectivity index is 1.16. The fourth-order valence-corrected chi connectivity index (χ4v) is 6.08. The van der Waals surface area contributed by atoms with E-state index >= 15 is 0 Å². The molecule has 0 bridgehead atoms. The predicted octanol–water partition coefficient (Wildman–Crippen LogP) is 4.72. The SMILES string of the molecule is Cc1nc(Nc2ncc(C(=O)Nc3c(C)cccc3Cl)s2)cc(N2CCN(CC(=O)N(CCN)CC3=C/C=C\C=C/C=C\3)CC2)n1. The number of aryl methyl sites for hydroxylation is 2. The number of halogens is 1. The van der Waals surface area contributed by atoms with Crippen molar-refractivity contribution in [3.8, 4) is 0 Å². The van der Waals surface area contributed by atoms with E-state index in [4.69, 9.17) is 17.3 Å². The first-order chi connectivity index (χ1) is 22.3. The molecule has 13 heteroatoms. The zero-order valence-corrected chi connectivity index (χ0v) is 27.5. The van der Waals surface area contributed by atoms with E-state index in [1.54, 1.807) is 6.07 Å². The number of piperazine rings is 1. The summed E-state index contributed by atoms with van der Waals surface area (Å²) < 4.78 is 0. The molecule has 1 fully saturated rings. The lowest BCUT2D eigenvalue weighted by Crippen LogP contribution is -2.51. The molecule has 1 saturated heterocycles. The summed E-state index contributed by atoms with van der Waals surface area (Å²) in [6.07, 6.45) is 15.4. The van der Waals surface area contributed by atoms with Crippen LogP contribution in [0.5, 0.6) is 0 Å². The Kier molecular flexibility index (Phi) is 11.3. The molecular weight excluding hydrogens is 622 g/mol. The number of nitrogens with two attached hydrogens (primary N) is 1. The quantitative estimate of drug-likeness (QED) is 0.268. The van der Waals surface area contributed by atoms with Crippen LogP contribution in [-0.4, -0.2) is 88.9 Å². The van der Waals surface area contributed by atoms with Crippen LogP contribution < -0.4 is 21.3 Å². The maximum atomic E-state index is 13.3. The molecule has 2 amide bonds. The molecule has 4 N–H and O–H groups in total. The summed E-state index contributed by atoms with van der Waals surface area (Å²) in [5.41, 5.74) is 8.37. The third-order valence-electron chi connectivity index (χ3n) is 7.49. The van der Waals surface area contributed by atoms with Crippen LogP contribution in [-0.2, 0) is 4.79 Å². The lowest BCUT2D eigenvalue weighted by atomic mass is 10.1. The number of nitrogens with zero attached hydrogens (tertiary/aromatic N) is 6. The molecule has 3 aromatic rings. The second kappa shape index (κ2) is 15.8. The van der Waals surface area contributed by atoms with Gasteiger partial charge in [0.1, 0.15) is 22.3 Å². The third-order valence-corrected chi connectivity index (χ3v) is 8.72. The van der Waals surface area contributed by atoms with Gasteiger partial charge in [-0.2, -0.15) is 0 Å². The Bertz CT molecular complexity index is 1650. The van der Waals surface area contributed by atoms with Gasteiger partial charge in [-0.25, -0.2) is 15.0 Å². The standard InChI is InChI=1S/C33H38ClN9O2S/c1-23-9-8-12-26(34)31(23)40-32(45)27-20-36-33(46-27)39-28-19-29(38-24(2)37-28)42-17-15-41(16-18-42)22-30(44)43(14-13-35)21-25-10-6-4-3-5-7-11-25/h3-12,19-20H,13-18,21-22,35H2,1-2H3,(H,40,45)(H,36,37,38,39)/b4-3-,5-3?,6-4?,7-5-,10-6-,11-7?,25-10?,25-11+. The van der Waals surface area contributed by atoms with Crippen molar-refractivity contribution in [3.05, 3.63) is 99.9 Å². The second-order valence-corrected chi connectivity index (χ2v) is 12.4. The molecule has 0 saturated carbocycles. The van der Waals surface area contributed by atoms with Gasteiger partial charge < -0.3 is 26.2 Å². The molecular formula is C33H38ClN9O2S. The van der Waals surface area contributed by atoms with E-state index in [1.807, 2.05) is 79.5 Å². The maximum Gasteiger partial charge on any atom is 0.267 e. The molecule has 2 aliphatic rings. The van der Waals surface area contributed by atoms with Crippen molar-refractivity contribution in [2.75, 3.05) is 67.9 Å². The normalized spacial score (nSPS) is 18.1. The van der Waals surface area contributed by atoms with Crippen molar-refractivity contribution in [3.63, 3.8) is 0 Å². The summed E-state index contributed by atoms with van der Waals surface area (Å²) in [5.74, 6) is 1.77. The minimum atomic E-state index is -0.285. The molecule has 1 aliphatic heterocycles. The minimum Gasteiger partial charge on any atom is -0.354 e. The molecule has 0 radical (unpaired) electrons. The Hall–Kier alpha value is -4.36. The second-order valence-electron chi connectivity index (χ2n) is 10.9. The topological polar surface area (TPSA) is 133 Å². The van der Waals surface area contributed by atoms with Crippen molar-refractivity contribution in [1.82, 2.24) is 24.8 Å². The molecule has 5 rings (SSSR count). The van der Waals surface area contributed by atoms with E-state index in [9.17, 15) is 9.59 Å². The maximum absolute atomic E-state index is 13.3. The van der Waals surface area contributed by atoms with Gasteiger partial charge in [0.25, 0.3) is 5.91 Å². The van der Waals surface area contributed by atoms with Gasteiger partial charge in [0.2, 0.25) is 5.91 Å². The molecule has 1 aliphatic carbocycles. The van der Waals surface area contributed by atoms with E-state index < -0.39 is 0 Å². The van der Waals surface area contributed by atoms with E-state index in [2.05, 4.69) is 35.4 Å². The lowest BCUT2D eigenvalue weighted by Gasteiger charge is -2.36. The highest BCUT2D eigenvalue weighted by atomic mass is 35.5. The average molecular weight is 660 g/mol. The molecule has 46 heavy (non-hydrogen) atoms. The number of carbonyl (C=O) groups excluding carboxylic acids is 2. The number of anilines is 4. The zero-order chi connectivity index (χ0) is 32.5. The van der Waals surface area contributed by atoms with Crippen LogP contribution >= 0.6 is 22.9 Å². The van der Waals surface area contributed by atoms with Gasteiger partial charge in [-0.1, -0.05) is 77.6 Å². The summed E-state index contributed by atoms with van der Waals surface area (Å²) in [6.45, 7) is 8.38. The molecule has 3 heterocycles. The van der Waals surface area contributed by atoms with Crippen LogP contribution in [0, 0.1) is 13.8 Å². The number of hydrogen-bond donors (Lipinski definition) is 3. The first-order valence-corrected chi connectivity index (χ1v) is 16.3. The number of thiazole rings is 1. The third kappa shape index (κ3) is 8.88. The molecule has 2 aromatic heterocycles. The highest BCUT2D eigenvalue weighted by Crippen LogP contribution is 2.28. The fraction of sp³-hybridized carbons (Fsp3) is 0.303. The van der Waals surface area contributed by atoms with Crippen molar-refractivity contribution in [1.29, 1.82) is 0 Å². The van der Waals surface area contributed by atoms with Gasteiger partial charge in [0.05, 0.1) is 23.5 Å². The first kappa shape index (κ1) is 33.0. The summed E-state index contributed by atoms with van der Waals surface area (Å²) >= 11 is 7.50. The van der Waals surface area contributed by atoms with Crippen molar-refractivity contribution >= 4 is 57.2 Å². The monoisotopic (exact) mass is 659 g/mol. The molecule has 240 valence electrons. The molecule has 1 aromatic carbocycles. The number of aromatic nitrogens is 3. The Morgan fingerprint density at radius 2 is 1.85 bits per heavy atom. The van der Waals surface area contributed by atoms with Crippen LogP contribution in [0.1, 0.15) is 21.1 Å². The molecule has 0 atom stereocenters. The van der Waals surface area contributed by atoms with Crippen LogP contribution in [0.3, 0.4) is 0 Å². The summed E-state index contributed by atoms with van der Waals surface area (Å²) in [7, 11) is 0. The average Bonchev–Trinajstić information content (AvgIpc) is 3.48. The number of nitrogens with one attached hydrogen (secondary N) is 2. The van der Waals surface area contributed by atoms with Crippen molar-refractivity contribution in [2.45, 2.75) is 13.8 Å². The highest BCUT2D eigenvalue weighted by Gasteiger charge is 2.23. The molecule has 0 spiro atoms. The number of allylic oxidation sites excluding steroid dienone is 6. The number of para-hydroxylation sites is 1. The van der Waals surface area contributed by atoms with Gasteiger partial charge in [-0.3, -0.25) is 14.5 Å². The smallest absolute Gasteiger partial charge is 0.267 e. The van der Waals surface area contributed by atoms with Gasteiger partial charge in [-0.15, -0.1) is 0 Å². The number of benzene rings is 1. The van der Waals surface area contributed by atoms with E-state index in [1.165, 1.54) is 17.5 Å². The van der Waals surface area contributed by atoms with Crippen LogP contribution in [0.15, 0.2) is 78.6 Å². The summed E-state index contributed by atoms with van der Waals surface area (Å²) in [5, 5.41) is 7.12. The fourth-order valence-electron chi connectivity index (χ4n) is 5.10. The Labute approximate surface area is 278 Å². The Morgan fingerprint density at radius 3 is 2.63 bits per heavy atom. The van der Waals surface area contributed by atoms with Gasteiger partial charge >= 0.3 is 0 Å². The number of rotatable bonds is 11. The number of carbonyl (C=O) groups is 2. The van der Waals surface area contributed by atoms with Crippen molar-refractivity contribution in [2.24, 2.45) is 5.73 Å². The van der Waals surface area contributed by atoms with Crippen LogP contribution in [0.25, 0.3) is 0 Å². The minimum absolute atomic E-state index is 0.0673. The highest BCUT2D eigenvalue weighted by molar-refractivity contribution is 7.17. The number of amides is 2. The molecule has 11 nitrogen and oxygen atoms in total. The first-order valence-electron chi connectivity index (χ1n) is 15.1. The van der Waals surface area contributed by atoms with Gasteiger partial charge in [-0.05, 0) is 31.1 Å². The van der Waals surface area contributed by atoms with E-state index in [-0.39, 0.29) is 11.8 Å². The van der Waals surface area contributed by atoms with Crippen LogP contribution in [0.4, 0.5) is 22.5 Å². The molecule has 0 unspecified atom stereocenters. The van der Waals surface area contributed by atoms with Gasteiger partial charge in [0, 0.05) is 51.9 Å². The van der Waals surface area contributed by atoms with Crippen molar-refractivity contribution < 1.29 is 9.59 Å². The summed E-state index contributed by atoms with van der Waals surface area (Å²) in [6, 6.07) is 7.35. The van der Waals surface area contributed by atoms with E-state index in [0.29, 0.717) is 71.6 Å². The largest absolute Gasteiger partial charge is 0.354 e. The Morgan fingerprint density at radius 1 is 1.07 bits per heavy atom. The van der Waals surface area contributed by atoms with Gasteiger partial charge in [0.15, 0.2) is 5.13 Å². The van der Waals surface area contributed by atoms with Crippen LogP contribution in [0.2, 0.25) is 5.02 Å². The van der Waals surface area contributed by atoms with E-state index in [0.717, 1.165) is 30.0 Å². The summed E-state index contributed by atoms with van der Waals surface area (Å²) in [4.78, 5) is 46.4. The lowest BCUT2D eigenvalue weighted by molar-refractivity contribution is -0.132. The zero-order valence-electron chi connectivity index (χ0n) is 25.9. The number of hydrogen-bond acceptors (Lipinski definition) is 10.